The summed E-state index contributed by atoms with van der Waals surface area (Å²) < 4.78 is 27.1. The molecule has 0 radical (unpaired) electrons. The molecule has 1 N–H and O–H groups in total. The van der Waals surface area contributed by atoms with Crippen LogP contribution in [0.3, 0.4) is 0 Å². The van der Waals surface area contributed by atoms with E-state index in [-0.39, 0.29) is 34.2 Å². The van der Waals surface area contributed by atoms with E-state index < -0.39 is 28.5 Å². The van der Waals surface area contributed by atoms with Crippen LogP contribution in [0.5, 0.6) is 0 Å². The minimum absolute atomic E-state index is 0.0812. The molecule has 196 valence electrons. The Hall–Kier alpha value is -1.81. The molecule has 1 saturated carbocycles. The molecule has 0 unspecified atom stereocenters. The largest absolute Gasteiger partial charge is 0.352 e. The summed E-state index contributed by atoms with van der Waals surface area (Å²) in [6.45, 7) is 1.28. The van der Waals surface area contributed by atoms with E-state index in [0.29, 0.717) is 0 Å². The van der Waals surface area contributed by atoms with E-state index in [2.05, 4.69) is 21.2 Å². The summed E-state index contributed by atoms with van der Waals surface area (Å²) in [7, 11) is -3.87. The zero-order valence-corrected chi connectivity index (χ0v) is 24.1. The molecule has 1 fully saturated rings. The number of rotatable bonds is 9. The zero-order chi connectivity index (χ0) is 26.5. The molecule has 0 spiro atoms. The number of carbonyl (C=O) groups excluding carboxylic acids is 2. The highest BCUT2D eigenvalue weighted by molar-refractivity contribution is 9.10. The lowest BCUT2D eigenvalue weighted by molar-refractivity contribution is -0.139. The van der Waals surface area contributed by atoms with Gasteiger partial charge in [0.05, 0.1) is 11.9 Å². The summed E-state index contributed by atoms with van der Waals surface area (Å²) in [5.41, 5.74) is 0.969. The first-order valence-electron chi connectivity index (χ1n) is 11.7. The van der Waals surface area contributed by atoms with Crippen molar-refractivity contribution in [2.75, 3.05) is 17.1 Å². The van der Waals surface area contributed by atoms with Gasteiger partial charge in [-0.15, -0.1) is 0 Å². The molecule has 2 amide bonds. The third kappa shape index (κ3) is 8.10. The van der Waals surface area contributed by atoms with Gasteiger partial charge < -0.3 is 10.2 Å². The molecule has 3 rings (SSSR count). The first-order chi connectivity index (χ1) is 16.9. The van der Waals surface area contributed by atoms with E-state index >= 15 is 0 Å². The van der Waals surface area contributed by atoms with Crippen LogP contribution in [0.4, 0.5) is 5.69 Å². The number of hydrogen-bond donors (Lipinski definition) is 1. The van der Waals surface area contributed by atoms with E-state index in [9.17, 15) is 18.0 Å². The molecule has 0 aliphatic heterocycles. The summed E-state index contributed by atoms with van der Waals surface area (Å²) in [5.74, 6) is -0.787. The average Bonchev–Trinajstić information content (AvgIpc) is 2.79. The van der Waals surface area contributed by atoms with E-state index in [1.807, 2.05) is 24.3 Å². The molecule has 11 heteroatoms. The van der Waals surface area contributed by atoms with Crippen LogP contribution in [-0.2, 0) is 26.2 Å². The Bertz CT molecular complexity index is 1190. The van der Waals surface area contributed by atoms with Crippen molar-refractivity contribution >= 4 is 66.7 Å². The number of carbonyl (C=O) groups is 2. The van der Waals surface area contributed by atoms with Crippen LogP contribution in [0.15, 0.2) is 46.9 Å². The summed E-state index contributed by atoms with van der Waals surface area (Å²) >= 11 is 15.6. The minimum Gasteiger partial charge on any atom is -0.352 e. The number of benzene rings is 2. The monoisotopic (exact) mass is 617 g/mol. The van der Waals surface area contributed by atoms with Gasteiger partial charge in [-0.1, -0.05) is 70.5 Å². The van der Waals surface area contributed by atoms with Crippen LogP contribution in [0, 0.1) is 0 Å². The van der Waals surface area contributed by atoms with Gasteiger partial charge in [0.15, 0.2) is 0 Å². The molecule has 36 heavy (non-hydrogen) atoms. The van der Waals surface area contributed by atoms with Crippen LogP contribution in [-0.4, -0.2) is 50.0 Å². The van der Waals surface area contributed by atoms with Gasteiger partial charge in [-0.05, 0) is 55.7 Å². The number of nitrogens with one attached hydrogen (secondary N) is 1. The third-order valence-corrected chi connectivity index (χ3v) is 8.25. The Morgan fingerprint density at radius 3 is 2.31 bits per heavy atom. The summed E-state index contributed by atoms with van der Waals surface area (Å²) in [5, 5.41) is 3.55. The minimum atomic E-state index is -3.87. The molecule has 1 aliphatic rings. The van der Waals surface area contributed by atoms with E-state index in [4.69, 9.17) is 23.2 Å². The number of hydrogen-bond acceptors (Lipinski definition) is 4. The zero-order valence-electron chi connectivity index (χ0n) is 20.2. The van der Waals surface area contributed by atoms with Crippen molar-refractivity contribution in [2.45, 2.75) is 57.7 Å². The van der Waals surface area contributed by atoms with Crippen LogP contribution in [0.25, 0.3) is 0 Å². The van der Waals surface area contributed by atoms with E-state index in [1.165, 1.54) is 23.1 Å². The standard InChI is InChI=1S/C25H30BrCl2N3O4S/c1-17(25(33)29-22-9-4-3-5-10-22)30(15-18-7-6-8-19(26)11-18)24(32)16-31(36(2,34)35)23-13-20(27)12-21(28)14-23/h6-8,11-14,17,22H,3-5,9-10,15-16H2,1-2H3,(H,29,33)/t17-/m1/s1. The molecule has 0 heterocycles. The Morgan fingerprint density at radius 2 is 1.72 bits per heavy atom. The third-order valence-electron chi connectivity index (χ3n) is 6.18. The number of halogens is 3. The maximum absolute atomic E-state index is 13.6. The lowest BCUT2D eigenvalue weighted by atomic mass is 9.95. The molecular formula is C25H30BrCl2N3O4S. The van der Waals surface area contributed by atoms with Gasteiger partial charge in [0.1, 0.15) is 12.6 Å². The average molecular weight is 619 g/mol. The number of sulfonamides is 1. The first kappa shape index (κ1) is 28.8. The Morgan fingerprint density at radius 1 is 1.08 bits per heavy atom. The lowest BCUT2D eigenvalue weighted by Gasteiger charge is -2.33. The molecule has 0 bridgehead atoms. The maximum Gasteiger partial charge on any atom is 0.244 e. The van der Waals surface area contributed by atoms with E-state index in [1.54, 1.807) is 6.92 Å². The Labute approximate surface area is 231 Å². The first-order valence-corrected chi connectivity index (χ1v) is 15.1. The summed E-state index contributed by atoms with van der Waals surface area (Å²) in [6.07, 6.45) is 6.11. The maximum atomic E-state index is 13.6. The van der Waals surface area contributed by atoms with Crippen LogP contribution < -0.4 is 9.62 Å². The normalized spacial score (nSPS) is 15.2. The van der Waals surface area contributed by atoms with E-state index in [0.717, 1.165) is 52.7 Å². The fourth-order valence-corrected chi connectivity index (χ4v) is 6.07. The van der Waals surface area contributed by atoms with Crippen molar-refractivity contribution in [3.05, 3.63) is 62.5 Å². The van der Waals surface area contributed by atoms with Crippen molar-refractivity contribution in [1.29, 1.82) is 0 Å². The van der Waals surface area contributed by atoms with Gasteiger partial charge in [0, 0.05) is 27.1 Å². The van der Waals surface area contributed by atoms with Gasteiger partial charge in [0.2, 0.25) is 21.8 Å². The topological polar surface area (TPSA) is 86.8 Å². The predicted molar refractivity (Wildman–Crippen MR) is 148 cm³/mol. The van der Waals surface area contributed by atoms with Crippen molar-refractivity contribution in [1.82, 2.24) is 10.2 Å². The second-order valence-electron chi connectivity index (χ2n) is 9.07. The van der Waals surface area contributed by atoms with Crippen LogP contribution >= 0.6 is 39.1 Å². The number of amides is 2. The molecule has 0 aromatic heterocycles. The van der Waals surface area contributed by atoms with Crippen molar-refractivity contribution < 1.29 is 18.0 Å². The Balaban J connectivity index is 1.89. The van der Waals surface area contributed by atoms with Crippen molar-refractivity contribution in [2.24, 2.45) is 0 Å². The number of anilines is 1. The predicted octanol–water partition coefficient (Wildman–Crippen LogP) is 5.39. The highest BCUT2D eigenvalue weighted by Gasteiger charge is 2.31. The highest BCUT2D eigenvalue weighted by atomic mass is 79.9. The molecule has 2 aromatic rings. The smallest absolute Gasteiger partial charge is 0.244 e. The molecular weight excluding hydrogens is 589 g/mol. The second-order valence-corrected chi connectivity index (χ2v) is 12.8. The van der Waals surface area contributed by atoms with Gasteiger partial charge in [-0.25, -0.2) is 8.42 Å². The lowest BCUT2D eigenvalue weighted by Crippen LogP contribution is -2.52. The van der Waals surface area contributed by atoms with Gasteiger partial charge >= 0.3 is 0 Å². The van der Waals surface area contributed by atoms with Crippen molar-refractivity contribution in [3.8, 4) is 0 Å². The van der Waals surface area contributed by atoms with Gasteiger partial charge in [-0.2, -0.15) is 0 Å². The Kier molecular flexibility index (Phi) is 10.1. The summed E-state index contributed by atoms with van der Waals surface area (Å²) in [6, 6.07) is 11.0. The van der Waals surface area contributed by atoms with Crippen LogP contribution in [0.1, 0.15) is 44.6 Å². The number of nitrogens with zero attached hydrogens (tertiary/aromatic N) is 2. The van der Waals surface area contributed by atoms with Crippen LogP contribution in [0.2, 0.25) is 10.0 Å². The molecule has 1 atom stereocenters. The SMILES string of the molecule is C[C@H](C(=O)NC1CCCCC1)N(Cc1cccc(Br)c1)C(=O)CN(c1cc(Cl)cc(Cl)c1)S(C)(=O)=O. The second kappa shape index (κ2) is 12.6. The molecule has 0 saturated heterocycles. The molecule has 1 aliphatic carbocycles. The van der Waals surface area contributed by atoms with Gasteiger partial charge in [-0.3, -0.25) is 13.9 Å². The highest BCUT2D eigenvalue weighted by Crippen LogP contribution is 2.27. The van der Waals surface area contributed by atoms with Gasteiger partial charge in [0.25, 0.3) is 0 Å². The quantitative estimate of drug-likeness (QED) is 0.408. The molecule has 2 aromatic carbocycles. The fraction of sp³-hybridized carbons (Fsp3) is 0.440. The summed E-state index contributed by atoms with van der Waals surface area (Å²) in [4.78, 5) is 28.2. The fourth-order valence-electron chi connectivity index (χ4n) is 4.28. The van der Waals surface area contributed by atoms with Crippen molar-refractivity contribution in [3.63, 3.8) is 0 Å². The molecule has 7 nitrogen and oxygen atoms in total.